The predicted octanol–water partition coefficient (Wildman–Crippen LogP) is 6.12. The van der Waals surface area contributed by atoms with Crippen LogP contribution in [0.4, 0.5) is 29.3 Å². The van der Waals surface area contributed by atoms with Crippen molar-refractivity contribution in [3.8, 4) is 6.07 Å². The Morgan fingerprint density at radius 1 is 1.02 bits per heavy atom. The lowest BCUT2D eigenvalue weighted by Gasteiger charge is -2.40. The minimum absolute atomic E-state index is 0.0133. The van der Waals surface area contributed by atoms with Crippen LogP contribution in [0.15, 0.2) is 96.6 Å². The number of anilines is 2. The minimum atomic E-state index is -4.99. The number of hydrogen-bond acceptors (Lipinski definition) is 7. The third-order valence-electron chi connectivity index (χ3n) is 8.32. The number of alkyl halides is 3. The first-order chi connectivity index (χ1) is 21.9. The van der Waals surface area contributed by atoms with Crippen molar-refractivity contribution in [3.63, 3.8) is 0 Å². The molecule has 0 bridgehead atoms. The fraction of sp³-hybridized carbons (Fsp3) is 0.212. The number of carbonyl (C=O) groups is 3. The van der Waals surface area contributed by atoms with Crippen molar-refractivity contribution >= 4 is 40.3 Å². The first-order valence-corrected chi connectivity index (χ1v) is 14.2. The maximum atomic E-state index is 14.6. The molecule has 1 aromatic heterocycles. The summed E-state index contributed by atoms with van der Waals surface area (Å²) in [6, 6.07) is 21.3. The number of nitriles is 1. The van der Waals surface area contributed by atoms with E-state index in [0.717, 1.165) is 23.1 Å². The highest BCUT2D eigenvalue weighted by Gasteiger charge is 2.66. The standard InChI is InChI=1S/C33H26F3N7O3/c1-31(2)29(45)42(32(33(34,35)36)17-15-21(19-37)16-18-32)30(46)41(31)20-23-7-3-4-8-25(23)38-24-13-11-22(12-14-24)28(44)43-27-10-6-5-9-26(27)39-40-43/h3-17,38H,18,20H2,1-2H3. The normalized spacial score (nSPS) is 19.3. The summed E-state index contributed by atoms with van der Waals surface area (Å²) in [4.78, 5) is 41.8. The molecule has 1 fully saturated rings. The molecule has 232 valence electrons. The highest BCUT2D eigenvalue weighted by Crippen LogP contribution is 2.47. The monoisotopic (exact) mass is 625 g/mol. The number of allylic oxidation sites excluding steroid dienone is 2. The maximum absolute atomic E-state index is 14.6. The zero-order valence-electron chi connectivity index (χ0n) is 24.6. The summed E-state index contributed by atoms with van der Waals surface area (Å²) in [7, 11) is 0. The average Bonchev–Trinajstić information content (AvgIpc) is 3.54. The molecule has 1 aliphatic heterocycles. The Balaban J connectivity index is 1.25. The summed E-state index contributed by atoms with van der Waals surface area (Å²) in [5, 5.41) is 20.4. The van der Waals surface area contributed by atoms with Gasteiger partial charge in [-0.05, 0) is 74.0 Å². The van der Waals surface area contributed by atoms with Gasteiger partial charge in [0.05, 0.1) is 18.1 Å². The fourth-order valence-electron chi connectivity index (χ4n) is 5.61. The molecular formula is C33H26F3N7O3. The Morgan fingerprint density at radius 2 is 1.72 bits per heavy atom. The number of hydrogen-bond donors (Lipinski definition) is 1. The van der Waals surface area contributed by atoms with Crippen LogP contribution in [0.3, 0.4) is 0 Å². The zero-order valence-corrected chi connectivity index (χ0v) is 24.6. The van der Waals surface area contributed by atoms with Gasteiger partial charge >= 0.3 is 12.2 Å². The zero-order chi connectivity index (χ0) is 32.9. The number of nitrogens with one attached hydrogen (secondary N) is 1. The summed E-state index contributed by atoms with van der Waals surface area (Å²) in [6.45, 7) is 2.64. The number of aromatic nitrogens is 3. The van der Waals surface area contributed by atoms with Crippen LogP contribution in [-0.2, 0) is 11.3 Å². The number of urea groups is 1. The van der Waals surface area contributed by atoms with Crippen molar-refractivity contribution in [1.82, 2.24) is 24.8 Å². The van der Waals surface area contributed by atoms with E-state index in [-0.39, 0.29) is 22.9 Å². The quantitative estimate of drug-likeness (QED) is 0.256. The van der Waals surface area contributed by atoms with Crippen LogP contribution in [0.5, 0.6) is 0 Å². The first-order valence-electron chi connectivity index (χ1n) is 14.2. The van der Waals surface area contributed by atoms with Crippen LogP contribution >= 0.6 is 0 Å². The molecule has 0 radical (unpaired) electrons. The largest absolute Gasteiger partial charge is 0.416 e. The van der Waals surface area contributed by atoms with E-state index in [9.17, 15) is 27.6 Å². The number of fused-ring (bicyclic) bond motifs is 1. The topological polar surface area (TPSA) is 124 Å². The highest BCUT2D eigenvalue weighted by atomic mass is 19.4. The lowest BCUT2D eigenvalue weighted by Crippen LogP contribution is -2.60. The van der Waals surface area contributed by atoms with E-state index in [0.29, 0.717) is 33.5 Å². The van der Waals surface area contributed by atoms with Crippen molar-refractivity contribution in [1.29, 1.82) is 5.26 Å². The lowest BCUT2D eigenvalue weighted by atomic mass is 9.85. The van der Waals surface area contributed by atoms with Gasteiger partial charge < -0.3 is 10.2 Å². The van der Waals surface area contributed by atoms with Gasteiger partial charge in [0.2, 0.25) is 0 Å². The first kappa shape index (κ1) is 30.3. The molecule has 1 unspecified atom stereocenters. The molecule has 1 atom stereocenters. The van der Waals surface area contributed by atoms with E-state index in [1.54, 1.807) is 78.9 Å². The van der Waals surface area contributed by atoms with Gasteiger partial charge in [-0.25, -0.2) is 9.69 Å². The maximum Gasteiger partial charge on any atom is 0.416 e. The van der Waals surface area contributed by atoms with Gasteiger partial charge in [0.25, 0.3) is 11.8 Å². The van der Waals surface area contributed by atoms with Gasteiger partial charge in [-0.15, -0.1) is 5.10 Å². The Bertz CT molecular complexity index is 1990. The molecule has 4 aromatic rings. The van der Waals surface area contributed by atoms with Crippen molar-refractivity contribution in [2.75, 3.05) is 5.32 Å². The second-order valence-corrected chi connectivity index (χ2v) is 11.5. The molecule has 1 aliphatic carbocycles. The van der Waals surface area contributed by atoms with E-state index >= 15 is 0 Å². The molecule has 0 saturated carbocycles. The number of benzene rings is 3. The van der Waals surface area contributed by atoms with E-state index in [2.05, 4.69) is 15.6 Å². The SMILES string of the molecule is CC1(C)C(=O)N(C2(C(F)(F)F)C=CC(C#N)=CC2)C(=O)N1Cc1ccccc1Nc1ccc(C(=O)n2nnc3ccccc32)cc1. The number of nitrogens with zero attached hydrogens (tertiary/aromatic N) is 6. The summed E-state index contributed by atoms with van der Waals surface area (Å²) in [5.41, 5.74) is -1.31. The van der Waals surface area contributed by atoms with E-state index < -0.39 is 35.6 Å². The Labute approximate surface area is 261 Å². The summed E-state index contributed by atoms with van der Waals surface area (Å²) >= 11 is 0. The van der Waals surface area contributed by atoms with Gasteiger partial charge in [0, 0.05) is 28.9 Å². The summed E-state index contributed by atoms with van der Waals surface area (Å²) in [6.07, 6.45) is -2.97. The number of para-hydroxylation sites is 2. The molecule has 1 saturated heterocycles. The molecule has 6 rings (SSSR count). The van der Waals surface area contributed by atoms with Crippen LogP contribution in [-0.4, -0.2) is 59.9 Å². The van der Waals surface area contributed by atoms with Crippen molar-refractivity contribution in [2.24, 2.45) is 0 Å². The second kappa shape index (κ2) is 11.0. The third kappa shape index (κ3) is 4.88. The number of rotatable bonds is 6. The molecule has 2 aliphatic rings. The molecule has 1 N–H and O–H groups in total. The van der Waals surface area contributed by atoms with Crippen LogP contribution in [0.1, 0.15) is 36.2 Å². The molecule has 10 nitrogen and oxygen atoms in total. The van der Waals surface area contributed by atoms with Gasteiger partial charge in [-0.3, -0.25) is 9.59 Å². The molecule has 0 spiro atoms. The number of halogens is 3. The van der Waals surface area contributed by atoms with Gasteiger partial charge in [0.1, 0.15) is 11.1 Å². The number of amides is 3. The van der Waals surface area contributed by atoms with E-state index in [1.165, 1.54) is 18.5 Å². The van der Waals surface area contributed by atoms with Crippen molar-refractivity contribution < 1.29 is 27.6 Å². The van der Waals surface area contributed by atoms with Crippen molar-refractivity contribution in [3.05, 3.63) is 108 Å². The Kier molecular flexibility index (Phi) is 7.23. The van der Waals surface area contributed by atoms with Crippen LogP contribution < -0.4 is 5.32 Å². The predicted molar refractivity (Wildman–Crippen MR) is 162 cm³/mol. The fourth-order valence-corrected chi connectivity index (χ4v) is 5.61. The smallest absolute Gasteiger partial charge is 0.355 e. The van der Waals surface area contributed by atoms with E-state index in [4.69, 9.17) is 5.26 Å². The van der Waals surface area contributed by atoms with Gasteiger partial charge in [0.15, 0.2) is 5.54 Å². The van der Waals surface area contributed by atoms with Gasteiger partial charge in [-0.1, -0.05) is 41.6 Å². The van der Waals surface area contributed by atoms with Crippen LogP contribution in [0.2, 0.25) is 0 Å². The minimum Gasteiger partial charge on any atom is -0.355 e. The third-order valence-corrected chi connectivity index (χ3v) is 8.32. The molecule has 2 heterocycles. The van der Waals surface area contributed by atoms with Crippen LogP contribution in [0, 0.1) is 11.3 Å². The summed E-state index contributed by atoms with van der Waals surface area (Å²) in [5.74, 6) is -1.37. The highest BCUT2D eigenvalue weighted by molar-refractivity contribution is 6.07. The lowest BCUT2D eigenvalue weighted by molar-refractivity contribution is -0.206. The molecule has 3 aromatic carbocycles. The van der Waals surface area contributed by atoms with Gasteiger partial charge in [-0.2, -0.15) is 23.1 Å². The molecule has 46 heavy (non-hydrogen) atoms. The molecular weight excluding hydrogens is 599 g/mol. The average molecular weight is 626 g/mol. The van der Waals surface area contributed by atoms with Crippen LogP contribution in [0.25, 0.3) is 11.0 Å². The molecule has 3 amide bonds. The number of carbonyl (C=O) groups excluding carboxylic acids is 3. The Hall–Kier alpha value is -5.77. The molecule has 13 heteroatoms. The Morgan fingerprint density at radius 3 is 2.39 bits per heavy atom. The number of imide groups is 1. The van der Waals surface area contributed by atoms with Crippen molar-refractivity contribution in [2.45, 2.75) is 44.1 Å². The van der Waals surface area contributed by atoms with E-state index in [1.807, 2.05) is 0 Å². The summed E-state index contributed by atoms with van der Waals surface area (Å²) < 4.78 is 45.0. The second-order valence-electron chi connectivity index (χ2n) is 11.5.